The Morgan fingerprint density at radius 3 is 2.56 bits per heavy atom. The van der Waals surface area contributed by atoms with Gasteiger partial charge in [0, 0.05) is 32.2 Å². The third-order valence-corrected chi connectivity index (χ3v) is 4.27. The Morgan fingerprint density at radius 1 is 1.32 bits per heavy atom. The monoisotopic (exact) mass is 339 g/mol. The van der Waals surface area contributed by atoms with E-state index in [2.05, 4.69) is 47.0 Å². The van der Waals surface area contributed by atoms with Crippen molar-refractivity contribution in [2.45, 2.75) is 39.3 Å². The lowest BCUT2D eigenvalue weighted by Crippen LogP contribution is -2.48. The molecule has 0 atom stereocenters. The molecule has 1 aliphatic heterocycles. The van der Waals surface area contributed by atoms with E-state index < -0.39 is 0 Å². The zero-order chi connectivity index (χ0) is 18.1. The fourth-order valence-electron chi connectivity index (χ4n) is 2.99. The van der Waals surface area contributed by atoms with Crippen LogP contribution < -0.4 is 10.6 Å². The molecule has 0 aliphatic carbocycles. The number of guanidine groups is 1. The van der Waals surface area contributed by atoms with Crippen LogP contribution in [0.4, 0.5) is 0 Å². The summed E-state index contributed by atoms with van der Waals surface area (Å²) >= 11 is 0. The Bertz CT molecular complexity index is 618. The van der Waals surface area contributed by atoms with E-state index in [-0.39, 0.29) is 0 Å². The Morgan fingerprint density at radius 2 is 2.00 bits per heavy atom. The Labute approximate surface area is 151 Å². The highest BCUT2D eigenvalue weighted by Gasteiger charge is 2.19. The van der Waals surface area contributed by atoms with E-state index in [9.17, 15) is 0 Å². The molecule has 1 aromatic rings. The first-order valence-electron chi connectivity index (χ1n) is 9.01. The van der Waals surface area contributed by atoms with Gasteiger partial charge in [-0.1, -0.05) is 24.3 Å². The Balaban J connectivity index is 1.87. The Hall–Kier alpha value is -2.32. The van der Waals surface area contributed by atoms with E-state index in [0.717, 1.165) is 50.5 Å². The molecule has 0 saturated carbocycles. The number of nitriles is 1. The summed E-state index contributed by atoms with van der Waals surface area (Å²) in [5, 5.41) is 15.7. The van der Waals surface area contributed by atoms with Gasteiger partial charge >= 0.3 is 0 Å². The fourth-order valence-corrected chi connectivity index (χ4v) is 2.99. The van der Waals surface area contributed by atoms with Crippen LogP contribution in [0, 0.1) is 11.3 Å². The summed E-state index contributed by atoms with van der Waals surface area (Å²) in [6, 6.07) is 10.2. The molecule has 2 rings (SSSR count). The van der Waals surface area contributed by atoms with Crippen LogP contribution in [-0.2, 0) is 6.54 Å². The topological polar surface area (TPSA) is 63.5 Å². The molecule has 0 bridgehead atoms. The number of hydrogen-bond acceptors (Lipinski definition) is 3. The second-order valence-corrected chi connectivity index (χ2v) is 6.66. The van der Waals surface area contributed by atoms with E-state index in [1.165, 1.54) is 5.57 Å². The zero-order valence-corrected chi connectivity index (χ0v) is 15.4. The van der Waals surface area contributed by atoms with Gasteiger partial charge in [-0.2, -0.15) is 5.26 Å². The van der Waals surface area contributed by atoms with Crippen molar-refractivity contribution < 1.29 is 0 Å². The molecule has 1 heterocycles. The van der Waals surface area contributed by atoms with Crippen LogP contribution >= 0.6 is 0 Å². The van der Waals surface area contributed by atoms with Crippen molar-refractivity contribution in [2.24, 2.45) is 4.99 Å². The van der Waals surface area contributed by atoms with Gasteiger partial charge in [0.2, 0.25) is 0 Å². The number of likely N-dealkylation sites (tertiary alicyclic amines) is 1. The van der Waals surface area contributed by atoms with Crippen molar-refractivity contribution >= 4 is 5.96 Å². The summed E-state index contributed by atoms with van der Waals surface area (Å²) in [5.74, 6) is 0.866. The van der Waals surface area contributed by atoms with Gasteiger partial charge in [0.25, 0.3) is 0 Å². The summed E-state index contributed by atoms with van der Waals surface area (Å²) in [5.41, 5.74) is 3.01. The number of benzene rings is 1. The Kier molecular flexibility index (Phi) is 7.49. The van der Waals surface area contributed by atoms with Gasteiger partial charge in [0.05, 0.1) is 18.2 Å². The molecule has 1 aromatic carbocycles. The normalized spacial score (nSPS) is 16.3. The number of piperidine rings is 1. The van der Waals surface area contributed by atoms with Gasteiger partial charge in [-0.15, -0.1) is 0 Å². The molecule has 0 radical (unpaired) electrons. The van der Waals surface area contributed by atoms with Crippen LogP contribution in [0.3, 0.4) is 0 Å². The molecule has 25 heavy (non-hydrogen) atoms. The lowest BCUT2D eigenvalue weighted by molar-refractivity contribution is 0.221. The predicted octanol–water partition coefficient (Wildman–Crippen LogP) is 2.65. The molecule has 2 N–H and O–H groups in total. The van der Waals surface area contributed by atoms with Gasteiger partial charge in [0.15, 0.2) is 5.96 Å². The highest BCUT2D eigenvalue weighted by atomic mass is 15.2. The first-order chi connectivity index (χ1) is 12.1. The van der Waals surface area contributed by atoms with Gasteiger partial charge < -0.3 is 10.6 Å². The molecule has 134 valence electrons. The lowest BCUT2D eigenvalue weighted by atomic mass is 10.0. The number of aliphatic imine (C=N–C) groups is 1. The van der Waals surface area contributed by atoms with Crippen molar-refractivity contribution in [3.8, 4) is 6.07 Å². The number of hydrogen-bond donors (Lipinski definition) is 2. The van der Waals surface area contributed by atoms with Crippen molar-refractivity contribution in [1.29, 1.82) is 5.26 Å². The van der Waals surface area contributed by atoms with Crippen molar-refractivity contribution in [1.82, 2.24) is 15.5 Å². The van der Waals surface area contributed by atoms with E-state index in [4.69, 9.17) is 5.26 Å². The lowest BCUT2D eigenvalue weighted by Gasteiger charge is -2.33. The minimum absolute atomic E-state index is 0.458. The average Bonchev–Trinajstić information content (AvgIpc) is 2.61. The first kappa shape index (κ1) is 19.0. The number of nitrogens with one attached hydrogen (secondary N) is 2. The van der Waals surface area contributed by atoms with Crippen LogP contribution in [0.15, 0.2) is 41.4 Å². The van der Waals surface area contributed by atoms with Gasteiger partial charge in [-0.3, -0.25) is 4.90 Å². The molecule has 1 fully saturated rings. The van der Waals surface area contributed by atoms with Crippen LogP contribution in [-0.4, -0.2) is 43.1 Å². The first-order valence-corrected chi connectivity index (χ1v) is 9.01. The van der Waals surface area contributed by atoms with Crippen LogP contribution in [0.5, 0.6) is 0 Å². The average molecular weight is 339 g/mol. The summed E-state index contributed by atoms with van der Waals surface area (Å²) in [6.45, 7) is 12.8. The highest BCUT2D eigenvalue weighted by molar-refractivity contribution is 5.80. The summed E-state index contributed by atoms with van der Waals surface area (Å²) in [7, 11) is 0. The van der Waals surface area contributed by atoms with Crippen LogP contribution in [0.2, 0.25) is 0 Å². The molecular weight excluding hydrogens is 310 g/mol. The molecule has 1 aliphatic rings. The molecule has 5 nitrogen and oxygen atoms in total. The SMILES string of the molecule is C=C(C)CN1CCC(NC(=NCc2ccc(C#N)cc2)NCC)CC1. The van der Waals surface area contributed by atoms with E-state index >= 15 is 0 Å². The molecule has 1 saturated heterocycles. The van der Waals surface area contributed by atoms with Crippen molar-refractivity contribution in [3.63, 3.8) is 0 Å². The smallest absolute Gasteiger partial charge is 0.191 e. The minimum atomic E-state index is 0.458. The fraction of sp³-hybridized carbons (Fsp3) is 0.500. The third kappa shape index (κ3) is 6.60. The van der Waals surface area contributed by atoms with Crippen molar-refractivity contribution in [2.75, 3.05) is 26.2 Å². The molecule has 0 spiro atoms. The maximum atomic E-state index is 8.86. The van der Waals surface area contributed by atoms with E-state index in [1.54, 1.807) is 0 Å². The molecular formula is C20H29N5. The summed E-state index contributed by atoms with van der Waals surface area (Å²) in [4.78, 5) is 7.14. The molecule has 5 heteroatoms. The zero-order valence-electron chi connectivity index (χ0n) is 15.4. The maximum absolute atomic E-state index is 8.86. The number of nitrogens with zero attached hydrogens (tertiary/aromatic N) is 3. The molecule has 0 aromatic heterocycles. The van der Waals surface area contributed by atoms with Gasteiger partial charge in [-0.05, 0) is 44.4 Å². The second kappa shape index (κ2) is 9.85. The third-order valence-electron chi connectivity index (χ3n) is 4.27. The molecule has 0 unspecified atom stereocenters. The van der Waals surface area contributed by atoms with Gasteiger partial charge in [0.1, 0.15) is 0 Å². The standard InChI is InChI=1S/C20H29N5/c1-4-22-20(23-14-18-7-5-17(13-21)6-8-18)24-19-9-11-25(12-10-19)15-16(2)3/h5-8,19H,2,4,9-12,14-15H2,1,3H3,(H2,22,23,24). The minimum Gasteiger partial charge on any atom is -0.357 e. The molecule has 0 amide bonds. The summed E-state index contributed by atoms with van der Waals surface area (Å²) < 4.78 is 0. The second-order valence-electron chi connectivity index (χ2n) is 6.66. The predicted molar refractivity (Wildman–Crippen MR) is 103 cm³/mol. The maximum Gasteiger partial charge on any atom is 0.191 e. The largest absolute Gasteiger partial charge is 0.357 e. The summed E-state index contributed by atoms with van der Waals surface area (Å²) in [6.07, 6.45) is 2.24. The quantitative estimate of drug-likeness (QED) is 0.475. The van der Waals surface area contributed by atoms with E-state index in [1.807, 2.05) is 24.3 Å². The van der Waals surface area contributed by atoms with Crippen LogP contribution in [0.25, 0.3) is 0 Å². The van der Waals surface area contributed by atoms with E-state index in [0.29, 0.717) is 18.2 Å². The highest BCUT2D eigenvalue weighted by Crippen LogP contribution is 2.11. The number of rotatable bonds is 6. The van der Waals surface area contributed by atoms with Crippen LogP contribution in [0.1, 0.15) is 37.8 Å². The van der Waals surface area contributed by atoms with Gasteiger partial charge in [-0.25, -0.2) is 4.99 Å². The van der Waals surface area contributed by atoms with Crippen molar-refractivity contribution in [3.05, 3.63) is 47.5 Å².